The molecule has 8 heteroatoms. The Balaban J connectivity index is 2.04. The minimum Gasteiger partial charge on any atom is -0.477 e. The number of halogens is 1. The van der Waals surface area contributed by atoms with Gasteiger partial charge in [-0.2, -0.15) is 0 Å². The number of aromatic carboxylic acids is 1. The summed E-state index contributed by atoms with van der Waals surface area (Å²) < 4.78 is 17.1. The van der Waals surface area contributed by atoms with Crippen molar-refractivity contribution in [1.82, 2.24) is 9.88 Å². The van der Waals surface area contributed by atoms with Crippen molar-refractivity contribution in [3.63, 3.8) is 0 Å². The van der Waals surface area contributed by atoms with Crippen LogP contribution >= 0.6 is 0 Å². The van der Waals surface area contributed by atoms with Crippen LogP contribution in [0.2, 0.25) is 0 Å². The fourth-order valence-electron chi connectivity index (χ4n) is 4.15. The Hall–Kier alpha value is -2.61. The third kappa shape index (κ3) is 2.66. The van der Waals surface area contributed by atoms with E-state index in [1.165, 1.54) is 6.20 Å². The number of nitrogens with zero attached hydrogens (tertiary/aromatic N) is 2. The van der Waals surface area contributed by atoms with Gasteiger partial charge in [0.15, 0.2) is 5.82 Å². The molecule has 0 bridgehead atoms. The maximum atomic E-state index is 15.3. The summed E-state index contributed by atoms with van der Waals surface area (Å²) in [7, 11) is 1.88. The number of pyridine rings is 1. The number of aromatic nitrogens is 1. The Morgan fingerprint density at radius 3 is 2.63 bits per heavy atom. The first-order chi connectivity index (χ1) is 12.8. The first-order valence-corrected chi connectivity index (χ1v) is 9.17. The van der Waals surface area contributed by atoms with E-state index in [-0.39, 0.29) is 28.7 Å². The molecule has 1 aromatic carbocycles. The normalized spacial score (nSPS) is 19.8. The zero-order valence-corrected chi connectivity index (χ0v) is 15.4. The molecule has 1 saturated heterocycles. The van der Waals surface area contributed by atoms with Crippen molar-refractivity contribution < 1.29 is 14.3 Å². The van der Waals surface area contributed by atoms with E-state index in [2.05, 4.69) is 5.32 Å². The Bertz CT molecular complexity index is 1010. The lowest BCUT2D eigenvalue weighted by atomic mass is 10.0. The average molecular weight is 374 g/mol. The van der Waals surface area contributed by atoms with Crippen molar-refractivity contribution in [2.75, 3.05) is 30.8 Å². The van der Waals surface area contributed by atoms with Gasteiger partial charge >= 0.3 is 5.97 Å². The maximum absolute atomic E-state index is 15.3. The molecule has 1 atom stereocenters. The van der Waals surface area contributed by atoms with Crippen molar-refractivity contribution in [3.05, 3.63) is 33.4 Å². The number of likely N-dealkylation sites (N-methyl/N-ethyl adjacent to an activating group) is 1. The molecule has 2 aromatic rings. The van der Waals surface area contributed by atoms with E-state index >= 15 is 4.39 Å². The summed E-state index contributed by atoms with van der Waals surface area (Å²) in [6, 6.07) is 0.381. The highest BCUT2D eigenvalue weighted by atomic mass is 19.1. The molecule has 0 radical (unpaired) electrons. The van der Waals surface area contributed by atoms with E-state index in [0.717, 1.165) is 19.3 Å². The molecular formula is C19H23FN4O3. The highest BCUT2D eigenvalue weighted by Gasteiger charge is 2.32. The quantitative estimate of drug-likeness (QED) is 0.707. The molecule has 1 saturated carbocycles. The van der Waals surface area contributed by atoms with Crippen LogP contribution in [-0.4, -0.2) is 41.8 Å². The van der Waals surface area contributed by atoms with Crippen molar-refractivity contribution in [2.45, 2.75) is 38.3 Å². The molecule has 4 rings (SSSR count). The van der Waals surface area contributed by atoms with Crippen molar-refractivity contribution in [2.24, 2.45) is 0 Å². The summed E-state index contributed by atoms with van der Waals surface area (Å²) in [5.74, 6) is -1.96. The first-order valence-electron chi connectivity index (χ1n) is 9.17. The Morgan fingerprint density at radius 2 is 2.07 bits per heavy atom. The van der Waals surface area contributed by atoms with Crippen LogP contribution in [0.5, 0.6) is 0 Å². The average Bonchev–Trinajstić information content (AvgIpc) is 3.37. The number of rotatable bonds is 4. The number of anilines is 2. The van der Waals surface area contributed by atoms with Crippen molar-refractivity contribution in [3.8, 4) is 0 Å². The molecule has 1 aliphatic heterocycles. The van der Waals surface area contributed by atoms with Gasteiger partial charge < -0.3 is 25.6 Å². The number of fused-ring (bicyclic) bond motifs is 1. The van der Waals surface area contributed by atoms with Gasteiger partial charge in [0.2, 0.25) is 5.43 Å². The number of carbonyl (C=O) groups is 1. The standard InChI is InChI=1S/C19H23FN4O3/c1-9-16-13(18(25)12(19(26)27)8-24(16)11-3-4-11)15(21)14(20)17(9)23-6-5-10(7-23)22-2/h8,10-11,22H,3-7,21H2,1-2H3,(H,26,27). The second kappa shape index (κ2) is 6.23. The predicted octanol–water partition coefficient (Wildman–Crippen LogP) is 1.86. The van der Waals surface area contributed by atoms with Crippen LogP contribution in [0.15, 0.2) is 11.0 Å². The Labute approximate surface area is 155 Å². The molecular weight excluding hydrogens is 351 g/mol. The molecule has 27 heavy (non-hydrogen) atoms. The highest BCUT2D eigenvalue weighted by molar-refractivity contribution is 6.01. The van der Waals surface area contributed by atoms with Gasteiger partial charge in [0, 0.05) is 31.4 Å². The lowest BCUT2D eigenvalue weighted by Crippen LogP contribution is -2.31. The molecule has 4 N–H and O–H groups in total. The van der Waals surface area contributed by atoms with Gasteiger partial charge in [-0.15, -0.1) is 0 Å². The molecule has 1 unspecified atom stereocenters. The topological polar surface area (TPSA) is 101 Å². The number of aryl methyl sites for hydroxylation is 1. The molecule has 1 aliphatic carbocycles. The van der Waals surface area contributed by atoms with Gasteiger partial charge in [-0.3, -0.25) is 4.79 Å². The van der Waals surface area contributed by atoms with Crippen LogP contribution in [0.4, 0.5) is 15.8 Å². The summed E-state index contributed by atoms with van der Waals surface area (Å²) in [5, 5.41) is 12.6. The molecule has 144 valence electrons. The first kappa shape index (κ1) is 17.8. The van der Waals surface area contributed by atoms with Gasteiger partial charge in [0.05, 0.1) is 22.3 Å². The van der Waals surface area contributed by atoms with E-state index in [9.17, 15) is 14.7 Å². The number of nitrogen functional groups attached to an aromatic ring is 1. The van der Waals surface area contributed by atoms with Crippen LogP contribution in [0.1, 0.15) is 41.2 Å². The monoisotopic (exact) mass is 374 g/mol. The van der Waals surface area contributed by atoms with Crippen LogP contribution in [0, 0.1) is 12.7 Å². The zero-order valence-electron chi connectivity index (χ0n) is 15.4. The van der Waals surface area contributed by atoms with Gasteiger partial charge in [-0.1, -0.05) is 0 Å². The maximum Gasteiger partial charge on any atom is 0.341 e. The number of carboxylic acid groups (broad SMARTS) is 1. The summed E-state index contributed by atoms with van der Waals surface area (Å²) in [6.45, 7) is 3.13. The fourth-order valence-corrected chi connectivity index (χ4v) is 4.15. The van der Waals surface area contributed by atoms with Crippen LogP contribution in [0.3, 0.4) is 0 Å². The number of hydrogen-bond acceptors (Lipinski definition) is 5. The second-order valence-corrected chi connectivity index (χ2v) is 7.46. The van der Waals surface area contributed by atoms with Gasteiger partial charge in [0.25, 0.3) is 0 Å². The Morgan fingerprint density at radius 1 is 1.37 bits per heavy atom. The summed E-state index contributed by atoms with van der Waals surface area (Å²) in [4.78, 5) is 26.2. The van der Waals surface area contributed by atoms with Crippen molar-refractivity contribution in [1.29, 1.82) is 0 Å². The van der Waals surface area contributed by atoms with Crippen molar-refractivity contribution >= 4 is 28.2 Å². The zero-order chi connectivity index (χ0) is 19.5. The predicted molar refractivity (Wildman–Crippen MR) is 102 cm³/mol. The molecule has 0 spiro atoms. The number of benzene rings is 1. The molecule has 7 nitrogen and oxygen atoms in total. The summed E-state index contributed by atoms with van der Waals surface area (Å²) in [6.07, 6.45) is 4.07. The SMILES string of the molecule is CNC1CCN(c2c(F)c(N)c3c(=O)c(C(=O)O)cn(C4CC4)c3c2C)C1. The summed E-state index contributed by atoms with van der Waals surface area (Å²) in [5.41, 5.74) is 6.29. The van der Waals surface area contributed by atoms with E-state index < -0.39 is 17.2 Å². The van der Waals surface area contributed by atoms with Gasteiger partial charge in [0.1, 0.15) is 5.56 Å². The van der Waals surface area contributed by atoms with E-state index in [0.29, 0.717) is 29.9 Å². The molecule has 1 aromatic heterocycles. The Kier molecular flexibility index (Phi) is 4.10. The lowest BCUT2D eigenvalue weighted by Gasteiger charge is -2.25. The smallest absolute Gasteiger partial charge is 0.341 e. The molecule has 2 heterocycles. The number of hydrogen-bond donors (Lipinski definition) is 3. The van der Waals surface area contributed by atoms with E-state index in [1.807, 2.05) is 11.9 Å². The second-order valence-electron chi connectivity index (χ2n) is 7.46. The molecule has 2 fully saturated rings. The third-order valence-electron chi connectivity index (χ3n) is 5.74. The highest BCUT2D eigenvalue weighted by Crippen LogP contribution is 2.42. The lowest BCUT2D eigenvalue weighted by molar-refractivity contribution is 0.0695. The molecule has 0 amide bonds. The van der Waals surface area contributed by atoms with E-state index in [4.69, 9.17) is 5.73 Å². The van der Waals surface area contributed by atoms with Crippen LogP contribution in [-0.2, 0) is 0 Å². The van der Waals surface area contributed by atoms with Crippen LogP contribution in [0.25, 0.3) is 10.9 Å². The van der Waals surface area contributed by atoms with Gasteiger partial charge in [-0.05, 0) is 38.8 Å². The molecule has 2 aliphatic rings. The van der Waals surface area contributed by atoms with E-state index in [1.54, 1.807) is 11.5 Å². The third-order valence-corrected chi connectivity index (χ3v) is 5.74. The fraction of sp³-hybridized carbons (Fsp3) is 0.474. The number of nitrogens with two attached hydrogens (primary N) is 1. The minimum absolute atomic E-state index is 0.0232. The largest absolute Gasteiger partial charge is 0.477 e. The van der Waals surface area contributed by atoms with Crippen LogP contribution < -0.4 is 21.4 Å². The number of carboxylic acids is 1. The number of nitrogens with one attached hydrogen (secondary N) is 1. The van der Waals surface area contributed by atoms with Gasteiger partial charge in [-0.25, -0.2) is 9.18 Å². The minimum atomic E-state index is -1.32. The summed E-state index contributed by atoms with van der Waals surface area (Å²) >= 11 is 0.